The Kier molecular flexibility index (Phi) is 6.86. The summed E-state index contributed by atoms with van der Waals surface area (Å²) in [6, 6.07) is 10.3. The van der Waals surface area contributed by atoms with E-state index in [-0.39, 0.29) is 12.1 Å². The van der Waals surface area contributed by atoms with Gasteiger partial charge in [0, 0.05) is 19.7 Å². The van der Waals surface area contributed by atoms with Crippen LogP contribution >= 0.6 is 0 Å². The first-order valence-electron chi connectivity index (χ1n) is 8.41. The Morgan fingerprint density at radius 1 is 1.30 bits per heavy atom. The maximum atomic E-state index is 12.1. The molecule has 0 spiro atoms. The third-order valence-electron chi connectivity index (χ3n) is 4.41. The minimum atomic E-state index is -0.0908. The van der Waals surface area contributed by atoms with E-state index >= 15 is 0 Å². The first-order chi connectivity index (χ1) is 11.1. The number of likely N-dealkylation sites (N-methyl/N-ethyl adjacent to an activating group) is 1. The molecule has 0 radical (unpaired) electrons. The van der Waals surface area contributed by atoms with Crippen LogP contribution in [0.4, 0.5) is 4.79 Å². The number of urea groups is 1. The number of carbonyl (C=O) groups is 1. The van der Waals surface area contributed by atoms with Crippen LogP contribution in [0.5, 0.6) is 0 Å². The smallest absolute Gasteiger partial charge is 0.314 e. The maximum Gasteiger partial charge on any atom is 0.314 e. The molecule has 1 aromatic rings. The Bertz CT molecular complexity index is 478. The molecule has 128 valence electrons. The van der Waals surface area contributed by atoms with E-state index in [2.05, 4.69) is 34.6 Å². The van der Waals surface area contributed by atoms with Gasteiger partial charge in [-0.25, -0.2) is 4.79 Å². The zero-order valence-corrected chi connectivity index (χ0v) is 14.4. The van der Waals surface area contributed by atoms with Crippen molar-refractivity contribution in [2.24, 2.45) is 5.92 Å². The minimum absolute atomic E-state index is 0.0908. The Morgan fingerprint density at radius 3 is 2.70 bits per heavy atom. The molecular formula is C18H29N3O2. The molecule has 0 saturated carbocycles. The van der Waals surface area contributed by atoms with E-state index in [0.29, 0.717) is 18.6 Å². The molecule has 0 aliphatic carbocycles. The molecule has 2 N–H and O–H groups in total. The van der Waals surface area contributed by atoms with Crippen LogP contribution in [-0.2, 0) is 4.74 Å². The van der Waals surface area contributed by atoms with Crippen molar-refractivity contribution in [1.82, 2.24) is 15.5 Å². The highest BCUT2D eigenvalue weighted by Gasteiger charge is 2.20. The lowest BCUT2D eigenvalue weighted by Crippen LogP contribution is -2.43. The summed E-state index contributed by atoms with van der Waals surface area (Å²) >= 11 is 0. The van der Waals surface area contributed by atoms with Gasteiger partial charge in [0.15, 0.2) is 0 Å². The topological polar surface area (TPSA) is 53.6 Å². The zero-order valence-electron chi connectivity index (χ0n) is 14.4. The summed E-state index contributed by atoms with van der Waals surface area (Å²) in [5.74, 6) is 0.517. The highest BCUT2D eigenvalue weighted by molar-refractivity contribution is 5.73. The lowest BCUT2D eigenvalue weighted by molar-refractivity contribution is 0.00346. The molecule has 5 heteroatoms. The predicted octanol–water partition coefficient (Wildman–Crippen LogP) is 2.40. The van der Waals surface area contributed by atoms with E-state index in [1.165, 1.54) is 5.56 Å². The van der Waals surface area contributed by atoms with Gasteiger partial charge in [0.25, 0.3) is 0 Å². The van der Waals surface area contributed by atoms with Crippen LogP contribution in [0.2, 0.25) is 0 Å². The number of carbonyl (C=O) groups excluding carboxylic acids is 1. The van der Waals surface area contributed by atoms with E-state index in [0.717, 1.165) is 26.0 Å². The van der Waals surface area contributed by atoms with Crippen LogP contribution in [0, 0.1) is 5.92 Å². The highest BCUT2D eigenvalue weighted by Crippen LogP contribution is 2.19. The van der Waals surface area contributed by atoms with Crippen LogP contribution in [0.3, 0.4) is 0 Å². The molecule has 2 amide bonds. The second-order valence-electron chi connectivity index (χ2n) is 6.55. The summed E-state index contributed by atoms with van der Waals surface area (Å²) in [4.78, 5) is 14.2. The number of benzene rings is 1. The Balaban J connectivity index is 1.76. The first-order valence-corrected chi connectivity index (χ1v) is 8.41. The van der Waals surface area contributed by atoms with Crippen molar-refractivity contribution in [2.45, 2.75) is 31.9 Å². The summed E-state index contributed by atoms with van der Waals surface area (Å²) in [5, 5.41) is 5.98. The molecule has 0 aromatic heterocycles. The van der Waals surface area contributed by atoms with Crippen LogP contribution in [-0.4, -0.2) is 50.8 Å². The van der Waals surface area contributed by atoms with E-state index in [4.69, 9.17) is 4.74 Å². The number of amides is 2. The Labute approximate surface area is 139 Å². The average Bonchev–Trinajstić information content (AvgIpc) is 2.54. The number of ether oxygens (including phenoxy) is 1. The van der Waals surface area contributed by atoms with Crippen LogP contribution in [0.1, 0.15) is 31.4 Å². The number of nitrogens with zero attached hydrogens (tertiary/aromatic N) is 1. The molecule has 5 nitrogen and oxygen atoms in total. The second kappa shape index (κ2) is 8.89. The molecular weight excluding hydrogens is 290 g/mol. The number of hydrogen-bond donors (Lipinski definition) is 2. The largest absolute Gasteiger partial charge is 0.378 e. The van der Waals surface area contributed by atoms with Crippen molar-refractivity contribution in [1.29, 1.82) is 0 Å². The SMILES string of the molecule is C[C@@H]1C[C@@H](CNC(=O)NC[C@H](c2ccccc2)N(C)C)CCO1. The fraction of sp³-hybridized carbons (Fsp3) is 0.611. The Hall–Kier alpha value is -1.59. The van der Waals surface area contributed by atoms with Gasteiger partial charge in [-0.2, -0.15) is 0 Å². The van der Waals surface area contributed by atoms with Gasteiger partial charge in [-0.15, -0.1) is 0 Å². The lowest BCUT2D eigenvalue weighted by atomic mass is 9.96. The van der Waals surface area contributed by atoms with E-state index in [9.17, 15) is 4.79 Å². The van der Waals surface area contributed by atoms with Crippen molar-refractivity contribution < 1.29 is 9.53 Å². The molecule has 3 atom stereocenters. The summed E-state index contributed by atoms with van der Waals surface area (Å²) in [6.45, 7) is 4.20. The molecule has 1 aromatic carbocycles. The van der Waals surface area contributed by atoms with Gasteiger partial charge in [-0.05, 0) is 45.3 Å². The Morgan fingerprint density at radius 2 is 2.04 bits per heavy atom. The molecule has 1 saturated heterocycles. The maximum absolute atomic E-state index is 12.1. The normalized spacial score (nSPS) is 22.6. The van der Waals surface area contributed by atoms with E-state index < -0.39 is 0 Å². The molecule has 1 aliphatic heterocycles. The van der Waals surface area contributed by atoms with Crippen molar-refractivity contribution in [3.63, 3.8) is 0 Å². The quantitative estimate of drug-likeness (QED) is 0.846. The fourth-order valence-electron chi connectivity index (χ4n) is 3.04. The van der Waals surface area contributed by atoms with Gasteiger partial charge in [0.1, 0.15) is 0 Å². The number of hydrogen-bond acceptors (Lipinski definition) is 3. The molecule has 2 rings (SSSR count). The molecule has 1 heterocycles. The highest BCUT2D eigenvalue weighted by atomic mass is 16.5. The van der Waals surface area contributed by atoms with Crippen LogP contribution < -0.4 is 10.6 Å². The van der Waals surface area contributed by atoms with Gasteiger partial charge in [0.2, 0.25) is 0 Å². The second-order valence-corrected chi connectivity index (χ2v) is 6.55. The summed E-state index contributed by atoms with van der Waals surface area (Å²) in [5.41, 5.74) is 1.20. The third-order valence-corrected chi connectivity index (χ3v) is 4.41. The van der Waals surface area contributed by atoms with Crippen molar-refractivity contribution >= 4 is 6.03 Å². The predicted molar refractivity (Wildman–Crippen MR) is 92.4 cm³/mol. The molecule has 0 bridgehead atoms. The van der Waals surface area contributed by atoms with Crippen molar-refractivity contribution in [3.05, 3.63) is 35.9 Å². The average molecular weight is 319 g/mol. The van der Waals surface area contributed by atoms with E-state index in [1.54, 1.807) is 0 Å². The lowest BCUT2D eigenvalue weighted by Gasteiger charge is -2.28. The molecule has 0 unspecified atom stereocenters. The summed E-state index contributed by atoms with van der Waals surface area (Å²) in [6.07, 6.45) is 2.34. The van der Waals surface area contributed by atoms with Crippen molar-refractivity contribution in [3.8, 4) is 0 Å². The summed E-state index contributed by atoms with van der Waals surface area (Å²) < 4.78 is 5.54. The van der Waals surface area contributed by atoms with Gasteiger partial charge in [-0.1, -0.05) is 30.3 Å². The molecule has 1 aliphatic rings. The molecule has 1 fully saturated rings. The van der Waals surface area contributed by atoms with Gasteiger partial charge < -0.3 is 20.3 Å². The zero-order chi connectivity index (χ0) is 16.7. The third kappa shape index (κ3) is 5.84. The van der Waals surface area contributed by atoms with Crippen molar-refractivity contribution in [2.75, 3.05) is 33.8 Å². The van der Waals surface area contributed by atoms with Crippen LogP contribution in [0.25, 0.3) is 0 Å². The van der Waals surface area contributed by atoms with Gasteiger partial charge >= 0.3 is 6.03 Å². The minimum Gasteiger partial charge on any atom is -0.378 e. The first kappa shape index (κ1) is 17.8. The summed E-state index contributed by atoms with van der Waals surface area (Å²) in [7, 11) is 4.06. The van der Waals surface area contributed by atoms with Crippen LogP contribution in [0.15, 0.2) is 30.3 Å². The van der Waals surface area contributed by atoms with Gasteiger partial charge in [0.05, 0.1) is 12.1 Å². The standard InChI is InChI=1S/C18H29N3O2/c1-14-11-15(9-10-23-14)12-19-18(22)20-13-17(21(2)3)16-7-5-4-6-8-16/h4-8,14-15,17H,9-13H2,1-3H3,(H2,19,20,22)/t14-,15+,17-/m1/s1. The van der Waals surface area contributed by atoms with Gasteiger partial charge in [-0.3, -0.25) is 0 Å². The fourth-order valence-corrected chi connectivity index (χ4v) is 3.04. The monoisotopic (exact) mass is 319 g/mol. The number of nitrogens with one attached hydrogen (secondary N) is 2. The molecule has 23 heavy (non-hydrogen) atoms. The van der Waals surface area contributed by atoms with E-state index in [1.807, 2.05) is 32.3 Å². The number of rotatable bonds is 6.